The standard InChI is InChI=1S/C12H15N3O2/c1-8-3-5-9(6-4-8)15-12(16)11(13)10(14-15)7-17-2/h3-6,14H,7,13H2,1-2H3. The van der Waals surface area contributed by atoms with E-state index in [2.05, 4.69) is 5.10 Å². The van der Waals surface area contributed by atoms with Gasteiger partial charge < -0.3 is 10.5 Å². The molecule has 0 radical (unpaired) electrons. The molecule has 90 valence electrons. The summed E-state index contributed by atoms with van der Waals surface area (Å²) < 4.78 is 6.39. The molecule has 1 heterocycles. The highest BCUT2D eigenvalue weighted by molar-refractivity contribution is 5.44. The van der Waals surface area contributed by atoms with Crippen LogP contribution in [0.2, 0.25) is 0 Å². The lowest BCUT2D eigenvalue weighted by molar-refractivity contribution is 0.181. The van der Waals surface area contributed by atoms with E-state index in [4.69, 9.17) is 10.5 Å². The Morgan fingerprint density at radius 3 is 2.59 bits per heavy atom. The summed E-state index contributed by atoms with van der Waals surface area (Å²) in [6.07, 6.45) is 0. The van der Waals surface area contributed by atoms with Crippen LogP contribution < -0.4 is 11.3 Å². The molecule has 0 aliphatic heterocycles. The molecule has 1 aromatic heterocycles. The van der Waals surface area contributed by atoms with Gasteiger partial charge in [0.05, 0.1) is 18.0 Å². The number of hydrogen-bond donors (Lipinski definition) is 2. The number of hydrogen-bond acceptors (Lipinski definition) is 3. The molecular formula is C12H15N3O2. The van der Waals surface area contributed by atoms with Crippen LogP contribution in [0.1, 0.15) is 11.3 Å². The molecule has 17 heavy (non-hydrogen) atoms. The van der Waals surface area contributed by atoms with Crippen LogP contribution in [0.15, 0.2) is 29.1 Å². The highest BCUT2D eigenvalue weighted by atomic mass is 16.5. The van der Waals surface area contributed by atoms with Gasteiger partial charge in [-0.25, -0.2) is 4.68 Å². The molecule has 0 atom stereocenters. The van der Waals surface area contributed by atoms with Crippen LogP contribution >= 0.6 is 0 Å². The molecular weight excluding hydrogens is 218 g/mol. The van der Waals surface area contributed by atoms with Crippen LogP contribution in [0.5, 0.6) is 0 Å². The fraction of sp³-hybridized carbons (Fsp3) is 0.250. The molecule has 0 amide bonds. The second-order valence-electron chi connectivity index (χ2n) is 3.91. The Morgan fingerprint density at radius 1 is 1.35 bits per heavy atom. The van der Waals surface area contributed by atoms with Gasteiger partial charge in [0.15, 0.2) is 0 Å². The first-order valence-electron chi connectivity index (χ1n) is 5.29. The van der Waals surface area contributed by atoms with Gasteiger partial charge in [-0.1, -0.05) is 17.7 Å². The highest BCUT2D eigenvalue weighted by Gasteiger charge is 2.11. The van der Waals surface area contributed by atoms with E-state index in [1.165, 1.54) is 4.68 Å². The lowest BCUT2D eigenvalue weighted by Crippen LogP contribution is -2.16. The number of nitrogens with two attached hydrogens (primary N) is 1. The maximum atomic E-state index is 11.9. The number of anilines is 1. The first-order valence-corrected chi connectivity index (χ1v) is 5.29. The molecule has 5 nitrogen and oxygen atoms in total. The minimum absolute atomic E-state index is 0.201. The fourth-order valence-electron chi connectivity index (χ4n) is 1.63. The number of rotatable bonds is 3. The van der Waals surface area contributed by atoms with Crippen molar-refractivity contribution in [2.24, 2.45) is 0 Å². The molecule has 2 rings (SSSR count). The van der Waals surface area contributed by atoms with Crippen LogP contribution in [0, 0.1) is 6.92 Å². The van der Waals surface area contributed by atoms with Crippen LogP contribution in [-0.4, -0.2) is 16.9 Å². The second kappa shape index (κ2) is 4.47. The normalized spacial score (nSPS) is 10.7. The van der Waals surface area contributed by atoms with Crippen molar-refractivity contribution in [2.45, 2.75) is 13.5 Å². The number of aromatic amines is 1. The fourth-order valence-corrected chi connectivity index (χ4v) is 1.63. The zero-order chi connectivity index (χ0) is 12.4. The molecule has 2 aromatic rings. The summed E-state index contributed by atoms with van der Waals surface area (Å²) in [7, 11) is 1.56. The smallest absolute Gasteiger partial charge is 0.294 e. The van der Waals surface area contributed by atoms with Gasteiger partial charge in [-0.05, 0) is 19.1 Å². The summed E-state index contributed by atoms with van der Waals surface area (Å²) in [6.45, 7) is 2.28. The number of nitrogen functional groups attached to an aromatic ring is 1. The van der Waals surface area contributed by atoms with Crippen molar-refractivity contribution < 1.29 is 4.74 Å². The van der Waals surface area contributed by atoms with E-state index in [9.17, 15) is 4.79 Å². The second-order valence-corrected chi connectivity index (χ2v) is 3.91. The lowest BCUT2D eigenvalue weighted by Gasteiger charge is -2.02. The van der Waals surface area contributed by atoms with E-state index in [-0.39, 0.29) is 11.2 Å². The molecule has 0 bridgehead atoms. The average Bonchev–Trinajstić information content (AvgIpc) is 2.59. The van der Waals surface area contributed by atoms with Gasteiger partial charge >= 0.3 is 0 Å². The van der Waals surface area contributed by atoms with Gasteiger partial charge in [-0.15, -0.1) is 0 Å². The number of methoxy groups -OCH3 is 1. The maximum absolute atomic E-state index is 11.9. The number of H-pyrrole nitrogens is 1. The molecule has 0 unspecified atom stereocenters. The van der Waals surface area contributed by atoms with Crippen molar-refractivity contribution in [2.75, 3.05) is 12.8 Å². The first kappa shape index (κ1) is 11.5. The molecule has 0 fully saturated rings. The predicted molar refractivity (Wildman–Crippen MR) is 66.3 cm³/mol. The Hall–Kier alpha value is -2.01. The molecule has 5 heteroatoms. The van der Waals surface area contributed by atoms with Gasteiger partial charge in [0.1, 0.15) is 5.69 Å². The molecule has 0 saturated carbocycles. The average molecular weight is 233 g/mol. The molecule has 0 aliphatic rings. The van der Waals surface area contributed by atoms with E-state index >= 15 is 0 Å². The van der Waals surface area contributed by atoms with Gasteiger partial charge in [-0.3, -0.25) is 9.89 Å². The Bertz CT molecular complexity index is 566. The van der Waals surface area contributed by atoms with Gasteiger partial charge in [0.2, 0.25) is 0 Å². The Kier molecular flexibility index (Phi) is 3.01. The highest BCUT2D eigenvalue weighted by Crippen LogP contribution is 2.10. The van der Waals surface area contributed by atoms with Gasteiger partial charge in [-0.2, -0.15) is 0 Å². The summed E-state index contributed by atoms with van der Waals surface area (Å²) >= 11 is 0. The third-order valence-corrected chi connectivity index (χ3v) is 2.59. The monoisotopic (exact) mass is 233 g/mol. The van der Waals surface area contributed by atoms with Crippen molar-refractivity contribution in [3.8, 4) is 5.69 Å². The number of ether oxygens (including phenoxy) is 1. The molecule has 0 spiro atoms. The summed E-state index contributed by atoms with van der Waals surface area (Å²) in [5.74, 6) is 0. The van der Waals surface area contributed by atoms with E-state index < -0.39 is 0 Å². The summed E-state index contributed by atoms with van der Waals surface area (Å²) in [5.41, 5.74) is 8.16. The van der Waals surface area contributed by atoms with Crippen molar-refractivity contribution in [3.63, 3.8) is 0 Å². The molecule has 0 saturated heterocycles. The van der Waals surface area contributed by atoms with Crippen LogP contribution in [0.25, 0.3) is 5.69 Å². The first-order chi connectivity index (χ1) is 8.13. The maximum Gasteiger partial charge on any atom is 0.294 e. The van der Waals surface area contributed by atoms with Crippen molar-refractivity contribution >= 4 is 5.69 Å². The van der Waals surface area contributed by atoms with Crippen LogP contribution in [0.3, 0.4) is 0 Å². The zero-order valence-corrected chi connectivity index (χ0v) is 9.86. The quantitative estimate of drug-likeness (QED) is 0.836. The third-order valence-electron chi connectivity index (χ3n) is 2.59. The number of benzene rings is 1. The summed E-state index contributed by atoms with van der Waals surface area (Å²) in [4.78, 5) is 11.9. The minimum atomic E-state index is -0.249. The van der Waals surface area contributed by atoms with E-state index in [1.54, 1.807) is 7.11 Å². The van der Waals surface area contributed by atoms with Gasteiger partial charge in [0.25, 0.3) is 5.56 Å². The Labute approximate surface area is 98.8 Å². The van der Waals surface area contributed by atoms with E-state index in [1.807, 2.05) is 31.2 Å². The van der Waals surface area contributed by atoms with Crippen molar-refractivity contribution in [1.29, 1.82) is 0 Å². The SMILES string of the molecule is COCc1[nH]n(-c2ccc(C)cc2)c(=O)c1N. The van der Waals surface area contributed by atoms with E-state index in [0.29, 0.717) is 12.3 Å². The van der Waals surface area contributed by atoms with Crippen LogP contribution in [0.4, 0.5) is 5.69 Å². The summed E-state index contributed by atoms with van der Waals surface area (Å²) in [5, 5.41) is 2.94. The van der Waals surface area contributed by atoms with Gasteiger partial charge in [0, 0.05) is 7.11 Å². The number of aryl methyl sites for hydroxylation is 1. The van der Waals surface area contributed by atoms with Crippen molar-refractivity contribution in [1.82, 2.24) is 9.78 Å². The van der Waals surface area contributed by atoms with Crippen LogP contribution in [-0.2, 0) is 11.3 Å². The molecule has 1 aromatic carbocycles. The Balaban J connectivity index is 2.49. The number of nitrogens with zero attached hydrogens (tertiary/aromatic N) is 1. The number of aromatic nitrogens is 2. The Morgan fingerprint density at radius 2 is 2.00 bits per heavy atom. The minimum Gasteiger partial charge on any atom is -0.393 e. The summed E-state index contributed by atoms with van der Waals surface area (Å²) in [6, 6.07) is 7.61. The molecule has 0 aliphatic carbocycles. The zero-order valence-electron chi connectivity index (χ0n) is 9.86. The largest absolute Gasteiger partial charge is 0.393 e. The number of nitrogens with one attached hydrogen (secondary N) is 1. The third kappa shape index (κ3) is 2.09. The molecule has 3 N–H and O–H groups in total. The predicted octanol–water partition coefficient (Wildman–Crippen LogP) is 1.20. The van der Waals surface area contributed by atoms with E-state index in [0.717, 1.165) is 11.3 Å². The van der Waals surface area contributed by atoms with Crippen molar-refractivity contribution in [3.05, 3.63) is 45.9 Å². The lowest BCUT2D eigenvalue weighted by atomic mass is 10.2. The topological polar surface area (TPSA) is 73.0 Å².